The van der Waals surface area contributed by atoms with E-state index in [-0.39, 0.29) is 24.0 Å². The zero-order valence-corrected chi connectivity index (χ0v) is 15.1. The number of nitrogens with two attached hydrogens (primary N) is 1. The first-order valence-electron chi connectivity index (χ1n) is 6.59. The molecule has 3 N–H and O–H groups in total. The van der Waals surface area contributed by atoms with Crippen LogP contribution in [0.4, 0.5) is 0 Å². The Morgan fingerprint density at radius 2 is 2.16 bits per heavy atom. The van der Waals surface area contributed by atoms with Crippen LogP contribution in [0.15, 0.2) is 4.99 Å². The van der Waals surface area contributed by atoms with Gasteiger partial charge in [0.1, 0.15) is 0 Å². The zero-order chi connectivity index (χ0) is 13.2. The van der Waals surface area contributed by atoms with Gasteiger partial charge >= 0.3 is 0 Å². The van der Waals surface area contributed by atoms with Crippen molar-refractivity contribution in [2.24, 2.45) is 10.7 Å². The molecule has 0 aromatic heterocycles. The van der Waals surface area contributed by atoms with Gasteiger partial charge in [-0.05, 0) is 19.2 Å². The van der Waals surface area contributed by atoms with Gasteiger partial charge in [0.15, 0.2) is 5.96 Å². The van der Waals surface area contributed by atoms with Crippen LogP contribution in [-0.4, -0.2) is 68.3 Å². The van der Waals surface area contributed by atoms with Crippen LogP contribution in [0.25, 0.3) is 0 Å². The molecule has 7 heteroatoms. The topological polar surface area (TPSA) is 62.9 Å². The van der Waals surface area contributed by atoms with E-state index in [2.05, 4.69) is 28.4 Å². The fourth-order valence-corrected chi connectivity index (χ4v) is 1.92. The van der Waals surface area contributed by atoms with Gasteiger partial charge in [0.2, 0.25) is 0 Å². The van der Waals surface area contributed by atoms with E-state index >= 15 is 0 Å². The first-order valence-corrected chi connectivity index (χ1v) is 7.88. The van der Waals surface area contributed by atoms with Crippen molar-refractivity contribution in [2.45, 2.75) is 18.6 Å². The standard InChI is InChI=1S/C12H26N4OS.HI/c1-11(18-2)10-15-12(13)14-4-3-5-16-6-8-17-9-7-16;/h11H,3-10H2,1-2H3,(H3,13,14,15);1H. The first-order chi connectivity index (χ1) is 8.72. The van der Waals surface area contributed by atoms with Gasteiger partial charge < -0.3 is 15.8 Å². The second kappa shape index (κ2) is 12.0. The summed E-state index contributed by atoms with van der Waals surface area (Å²) in [7, 11) is 0. The van der Waals surface area contributed by atoms with Crippen molar-refractivity contribution in [1.29, 1.82) is 0 Å². The smallest absolute Gasteiger partial charge is 0.188 e. The van der Waals surface area contributed by atoms with Crippen LogP contribution in [0.5, 0.6) is 0 Å². The number of rotatable bonds is 7. The average Bonchev–Trinajstić information content (AvgIpc) is 2.42. The summed E-state index contributed by atoms with van der Waals surface area (Å²) < 4.78 is 5.31. The molecule has 1 aliphatic heterocycles. The van der Waals surface area contributed by atoms with E-state index in [1.54, 1.807) is 11.8 Å². The predicted octanol–water partition coefficient (Wildman–Crippen LogP) is 0.982. The number of halogens is 1. The summed E-state index contributed by atoms with van der Waals surface area (Å²) in [6.45, 7) is 8.76. The molecule has 0 amide bonds. The van der Waals surface area contributed by atoms with Gasteiger partial charge in [-0.2, -0.15) is 11.8 Å². The van der Waals surface area contributed by atoms with Crippen LogP contribution in [0.3, 0.4) is 0 Å². The van der Waals surface area contributed by atoms with E-state index in [4.69, 9.17) is 10.5 Å². The highest BCUT2D eigenvalue weighted by molar-refractivity contribution is 14.0. The normalized spacial score (nSPS) is 18.7. The van der Waals surface area contributed by atoms with Crippen LogP contribution in [0.1, 0.15) is 13.3 Å². The van der Waals surface area contributed by atoms with Crippen LogP contribution >= 0.6 is 35.7 Å². The molecule has 0 saturated carbocycles. The Morgan fingerprint density at radius 3 is 2.79 bits per heavy atom. The van der Waals surface area contributed by atoms with Gasteiger partial charge in [-0.25, -0.2) is 0 Å². The second-order valence-corrected chi connectivity index (χ2v) is 5.78. The third kappa shape index (κ3) is 9.75. The summed E-state index contributed by atoms with van der Waals surface area (Å²) >= 11 is 1.80. The number of hydrogen-bond acceptors (Lipinski definition) is 4. The Labute approximate surface area is 138 Å². The minimum atomic E-state index is 0. The van der Waals surface area contributed by atoms with E-state index in [9.17, 15) is 0 Å². The van der Waals surface area contributed by atoms with Crippen molar-refractivity contribution >= 4 is 41.7 Å². The number of guanidine groups is 1. The third-order valence-corrected chi connectivity index (χ3v) is 3.94. The van der Waals surface area contributed by atoms with Gasteiger partial charge in [-0.15, -0.1) is 24.0 Å². The molecule has 0 aromatic rings. The fourth-order valence-electron chi connectivity index (χ4n) is 1.70. The van der Waals surface area contributed by atoms with Gasteiger partial charge in [-0.3, -0.25) is 9.89 Å². The highest BCUT2D eigenvalue weighted by Crippen LogP contribution is 2.04. The molecule has 0 spiro atoms. The molecule has 1 heterocycles. The Balaban J connectivity index is 0.00000324. The molecule has 5 nitrogen and oxygen atoms in total. The average molecular weight is 402 g/mol. The van der Waals surface area contributed by atoms with Crippen molar-refractivity contribution in [3.8, 4) is 0 Å². The monoisotopic (exact) mass is 402 g/mol. The van der Waals surface area contributed by atoms with Crippen molar-refractivity contribution in [1.82, 2.24) is 10.2 Å². The summed E-state index contributed by atoms with van der Waals surface area (Å²) in [6.07, 6.45) is 3.18. The van der Waals surface area contributed by atoms with Crippen LogP contribution in [0, 0.1) is 0 Å². The van der Waals surface area contributed by atoms with Gasteiger partial charge in [-0.1, -0.05) is 6.92 Å². The molecule has 1 atom stereocenters. The minimum Gasteiger partial charge on any atom is -0.379 e. The van der Waals surface area contributed by atoms with Gasteiger partial charge in [0, 0.05) is 24.9 Å². The lowest BCUT2D eigenvalue weighted by Gasteiger charge is -2.26. The maximum atomic E-state index is 5.79. The molecule has 0 aromatic carbocycles. The Hall–Kier alpha value is 0.270. The van der Waals surface area contributed by atoms with E-state index in [1.165, 1.54) is 0 Å². The largest absolute Gasteiger partial charge is 0.379 e. The number of aliphatic imine (C=N–C) groups is 1. The maximum absolute atomic E-state index is 5.79. The van der Waals surface area contributed by atoms with Gasteiger partial charge in [0.05, 0.1) is 19.8 Å². The van der Waals surface area contributed by atoms with E-state index in [0.717, 1.165) is 52.4 Å². The number of nitrogens with one attached hydrogen (secondary N) is 1. The molecule has 1 fully saturated rings. The molecule has 114 valence electrons. The lowest BCUT2D eigenvalue weighted by molar-refractivity contribution is 0.0376. The van der Waals surface area contributed by atoms with Crippen molar-refractivity contribution < 1.29 is 4.74 Å². The van der Waals surface area contributed by atoms with Crippen LogP contribution in [-0.2, 0) is 4.74 Å². The molecule has 1 aliphatic rings. The van der Waals surface area contributed by atoms with Crippen LogP contribution in [0.2, 0.25) is 0 Å². The third-order valence-electron chi connectivity index (χ3n) is 2.98. The number of hydrogen-bond donors (Lipinski definition) is 2. The quantitative estimate of drug-likeness (QED) is 0.288. The molecule has 1 rings (SSSR count). The molecule has 19 heavy (non-hydrogen) atoms. The molecular formula is C12H27IN4OS. The molecule has 0 aliphatic carbocycles. The van der Waals surface area contributed by atoms with E-state index in [0.29, 0.717) is 11.2 Å². The highest BCUT2D eigenvalue weighted by Gasteiger charge is 2.08. The van der Waals surface area contributed by atoms with Crippen molar-refractivity contribution in [2.75, 3.05) is 52.2 Å². The molecular weight excluding hydrogens is 375 g/mol. The Bertz CT molecular complexity index is 250. The molecule has 0 bridgehead atoms. The van der Waals surface area contributed by atoms with Gasteiger partial charge in [0.25, 0.3) is 0 Å². The Kier molecular flexibility index (Phi) is 12.2. The summed E-state index contributed by atoms with van der Waals surface area (Å²) in [4.78, 5) is 6.73. The van der Waals surface area contributed by atoms with Crippen molar-refractivity contribution in [3.63, 3.8) is 0 Å². The molecule has 1 saturated heterocycles. The van der Waals surface area contributed by atoms with Crippen molar-refractivity contribution in [3.05, 3.63) is 0 Å². The van der Waals surface area contributed by atoms with Crippen LogP contribution < -0.4 is 11.1 Å². The fraction of sp³-hybridized carbons (Fsp3) is 0.917. The molecule has 0 radical (unpaired) electrons. The SMILES string of the molecule is CSC(C)CN=C(N)NCCCN1CCOCC1.I. The summed E-state index contributed by atoms with van der Waals surface area (Å²) in [5, 5.41) is 3.69. The Morgan fingerprint density at radius 1 is 1.47 bits per heavy atom. The lowest BCUT2D eigenvalue weighted by atomic mass is 10.3. The zero-order valence-electron chi connectivity index (χ0n) is 11.9. The first kappa shape index (κ1) is 19.3. The van der Waals surface area contributed by atoms with E-state index in [1.807, 2.05) is 0 Å². The maximum Gasteiger partial charge on any atom is 0.188 e. The summed E-state index contributed by atoms with van der Waals surface area (Å²) in [6, 6.07) is 0. The van der Waals surface area contributed by atoms with E-state index < -0.39 is 0 Å². The number of ether oxygens (including phenoxy) is 1. The summed E-state index contributed by atoms with van der Waals surface area (Å²) in [5.41, 5.74) is 5.79. The number of morpholine rings is 1. The second-order valence-electron chi connectivity index (χ2n) is 4.51. The number of nitrogens with zero attached hydrogens (tertiary/aromatic N) is 2. The lowest BCUT2D eigenvalue weighted by Crippen LogP contribution is -2.39. The summed E-state index contributed by atoms with van der Waals surface area (Å²) in [5.74, 6) is 0.567. The minimum absolute atomic E-state index is 0. The predicted molar refractivity (Wildman–Crippen MR) is 94.8 cm³/mol. The number of thioether (sulfide) groups is 1. The molecule has 1 unspecified atom stereocenters. The highest BCUT2D eigenvalue weighted by atomic mass is 127.